The van der Waals surface area contributed by atoms with Crippen LogP contribution >= 0.6 is 0 Å². The summed E-state index contributed by atoms with van der Waals surface area (Å²) in [6, 6.07) is 0.416. The number of carbonyl (C=O) groups is 2. The van der Waals surface area contributed by atoms with Crippen LogP contribution in [0.2, 0.25) is 0 Å². The van der Waals surface area contributed by atoms with Crippen LogP contribution in [0.15, 0.2) is 29.2 Å². The molecule has 2 fully saturated rings. The topological polar surface area (TPSA) is 124 Å². The molecule has 10 nitrogen and oxygen atoms in total. The second-order valence-electron chi connectivity index (χ2n) is 10.9. The van der Waals surface area contributed by atoms with Gasteiger partial charge in [-0.15, -0.1) is 0 Å². The molecular weight excluding hydrogens is 567 g/mol. The number of carbonyl (C=O) groups excluding carboxylic acids is 2. The predicted molar refractivity (Wildman–Crippen MR) is 137 cm³/mol. The molecule has 0 spiro atoms. The Morgan fingerprint density at radius 1 is 1.14 bits per heavy atom. The number of imidazole rings is 1. The van der Waals surface area contributed by atoms with E-state index in [0.29, 0.717) is 16.9 Å². The Kier molecular flexibility index (Phi) is 8.37. The molecule has 3 heterocycles. The van der Waals surface area contributed by atoms with Crippen molar-refractivity contribution in [2.24, 2.45) is 11.8 Å². The minimum absolute atomic E-state index is 0.00800. The molecule has 0 saturated heterocycles. The Hall–Kier alpha value is -3.78. The van der Waals surface area contributed by atoms with Crippen molar-refractivity contribution in [3.05, 3.63) is 41.5 Å². The lowest BCUT2D eigenvalue weighted by Gasteiger charge is -2.33. The van der Waals surface area contributed by atoms with Gasteiger partial charge in [-0.25, -0.2) is 18.3 Å². The molecule has 2 saturated carbocycles. The SMILES string of the molecule is CCOc1nocc1C(=O)N[C@H](c1cn2ncc(C(NC(=O)CCC(F)(F)F)C3CC3)cc2n1)C1CCC(F)(F)CC1. The zero-order valence-electron chi connectivity index (χ0n) is 22.8. The first-order chi connectivity index (χ1) is 19.9. The van der Waals surface area contributed by atoms with E-state index in [-0.39, 0.29) is 55.6 Å². The summed E-state index contributed by atoms with van der Waals surface area (Å²) < 4.78 is 77.5. The van der Waals surface area contributed by atoms with Gasteiger partial charge in [0.15, 0.2) is 5.65 Å². The number of alkyl halides is 5. The van der Waals surface area contributed by atoms with Crippen molar-refractivity contribution < 1.29 is 40.8 Å². The van der Waals surface area contributed by atoms with Crippen molar-refractivity contribution >= 4 is 17.5 Å². The zero-order valence-corrected chi connectivity index (χ0v) is 22.8. The Bertz CT molecular complexity index is 1410. The van der Waals surface area contributed by atoms with Crippen LogP contribution in [0.5, 0.6) is 5.88 Å². The number of nitrogens with one attached hydrogen (secondary N) is 2. The molecule has 2 N–H and O–H groups in total. The monoisotopic (exact) mass is 598 g/mol. The molecule has 0 bridgehead atoms. The first-order valence-electron chi connectivity index (χ1n) is 13.9. The van der Waals surface area contributed by atoms with Crippen LogP contribution < -0.4 is 15.4 Å². The highest BCUT2D eigenvalue weighted by Crippen LogP contribution is 2.43. The number of hydrogen-bond acceptors (Lipinski definition) is 7. The second kappa shape index (κ2) is 11.8. The highest BCUT2D eigenvalue weighted by Gasteiger charge is 2.40. The summed E-state index contributed by atoms with van der Waals surface area (Å²) in [7, 11) is 0. The van der Waals surface area contributed by atoms with Gasteiger partial charge >= 0.3 is 6.18 Å². The zero-order chi connectivity index (χ0) is 30.1. The maximum absolute atomic E-state index is 14.0. The molecule has 0 aliphatic heterocycles. The van der Waals surface area contributed by atoms with Crippen LogP contribution in [0.4, 0.5) is 22.0 Å². The van der Waals surface area contributed by atoms with Crippen LogP contribution in [0, 0.1) is 11.8 Å². The summed E-state index contributed by atoms with van der Waals surface area (Å²) in [5, 5.41) is 13.7. The minimum Gasteiger partial charge on any atom is -0.475 e. The predicted octanol–water partition coefficient (Wildman–Crippen LogP) is 5.32. The summed E-state index contributed by atoms with van der Waals surface area (Å²) in [5.74, 6) is -4.32. The fourth-order valence-corrected chi connectivity index (χ4v) is 5.30. The summed E-state index contributed by atoms with van der Waals surface area (Å²) in [4.78, 5) is 30.2. The third kappa shape index (κ3) is 7.16. The summed E-state index contributed by atoms with van der Waals surface area (Å²) >= 11 is 0. The quantitative estimate of drug-likeness (QED) is 0.286. The molecule has 3 aromatic rings. The maximum Gasteiger partial charge on any atom is 0.389 e. The molecule has 2 aliphatic carbocycles. The van der Waals surface area contributed by atoms with Gasteiger partial charge in [-0.3, -0.25) is 9.59 Å². The normalized spacial score (nSPS) is 18.9. The molecule has 5 rings (SSSR count). The Balaban J connectivity index is 1.39. The third-order valence-electron chi connectivity index (χ3n) is 7.67. The van der Waals surface area contributed by atoms with E-state index in [1.54, 1.807) is 19.2 Å². The number of rotatable bonds is 11. The van der Waals surface area contributed by atoms with Crippen molar-refractivity contribution in [2.45, 2.75) is 82.5 Å². The molecule has 228 valence electrons. The Morgan fingerprint density at radius 3 is 2.52 bits per heavy atom. The van der Waals surface area contributed by atoms with Gasteiger partial charge in [0.2, 0.25) is 11.8 Å². The molecule has 42 heavy (non-hydrogen) atoms. The fourth-order valence-electron chi connectivity index (χ4n) is 5.30. The van der Waals surface area contributed by atoms with E-state index in [1.165, 1.54) is 10.7 Å². The standard InChI is InChI=1S/C27H31F5N6O4/c1-2-41-25-18(14-42-37-25)24(40)36-23(16-5-8-26(28,29)9-6-16)19-13-38-20(34-19)11-17(12-33-38)22(15-3-4-15)35-21(39)7-10-27(30,31)32/h11-16,22-23H,2-10H2,1H3,(H,35,39)(H,36,40)/t22?,23-/m0/s1. The van der Waals surface area contributed by atoms with Gasteiger partial charge in [-0.1, -0.05) is 0 Å². The number of nitrogens with zero attached hydrogens (tertiary/aromatic N) is 4. The summed E-state index contributed by atoms with van der Waals surface area (Å²) in [5.41, 5.74) is 1.42. The largest absolute Gasteiger partial charge is 0.475 e. The number of amides is 2. The van der Waals surface area contributed by atoms with E-state index >= 15 is 0 Å². The van der Waals surface area contributed by atoms with Gasteiger partial charge in [0, 0.05) is 19.3 Å². The number of hydrogen-bond donors (Lipinski definition) is 2. The Morgan fingerprint density at radius 2 is 1.86 bits per heavy atom. The van der Waals surface area contributed by atoms with Crippen molar-refractivity contribution in [2.75, 3.05) is 6.61 Å². The van der Waals surface area contributed by atoms with Gasteiger partial charge in [0.05, 0.1) is 43.2 Å². The molecule has 2 aliphatic rings. The van der Waals surface area contributed by atoms with Gasteiger partial charge in [0.25, 0.3) is 11.8 Å². The molecule has 1 unspecified atom stereocenters. The molecule has 3 aromatic heterocycles. The van der Waals surface area contributed by atoms with Gasteiger partial charge < -0.3 is 19.9 Å². The molecule has 15 heteroatoms. The second-order valence-corrected chi connectivity index (χ2v) is 10.9. The lowest BCUT2D eigenvalue weighted by atomic mass is 9.81. The minimum atomic E-state index is -4.43. The van der Waals surface area contributed by atoms with E-state index in [0.717, 1.165) is 19.1 Å². The van der Waals surface area contributed by atoms with Crippen LogP contribution in [-0.4, -0.2) is 50.3 Å². The first kappa shape index (κ1) is 29.7. The number of aromatic nitrogens is 4. The summed E-state index contributed by atoms with van der Waals surface area (Å²) in [6.07, 6.45) is -0.781. The molecule has 2 amide bonds. The fraction of sp³-hybridized carbons (Fsp3) is 0.593. The van der Waals surface area contributed by atoms with Gasteiger partial charge in [0.1, 0.15) is 11.8 Å². The average molecular weight is 599 g/mol. The Labute approximate surface area is 237 Å². The van der Waals surface area contributed by atoms with Gasteiger partial charge in [-0.05, 0) is 61.2 Å². The summed E-state index contributed by atoms with van der Waals surface area (Å²) in [6.45, 7) is 1.97. The third-order valence-corrected chi connectivity index (χ3v) is 7.67. The number of ether oxygens (including phenoxy) is 1. The molecule has 2 atom stereocenters. The van der Waals surface area contributed by atoms with Crippen molar-refractivity contribution in [3.8, 4) is 5.88 Å². The molecular formula is C27H31F5N6O4. The van der Waals surface area contributed by atoms with Crippen molar-refractivity contribution in [1.29, 1.82) is 0 Å². The van der Waals surface area contributed by atoms with Gasteiger partial charge in [-0.2, -0.15) is 18.3 Å². The lowest BCUT2D eigenvalue weighted by Crippen LogP contribution is -2.37. The highest BCUT2D eigenvalue weighted by molar-refractivity contribution is 5.96. The maximum atomic E-state index is 14.0. The van der Waals surface area contributed by atoms with Crippen LogP contribution in [0.1, 0.15) is 92.0 Å². The lowest BCUT2D eigenvalue weighted by molar-refractivity contribution is -0.144. The van der Waals surface area contributed by atoms with Crippen molar-refractivity contribution in [1.82, 2.24) is 30.4 Å². The average Bonchev–Trinajstić information content (AvgIpc) is 3.51. The number of halogens is 5. The van der Waals surface area contributed by atoms with Crippen LogP contribution in [-0.2, 0) is 4.79 Å². The molecule has 0 aromatic carbocycles. The first-order valence-corrected chi connectivity index (χ1v) is 13.9. The van der Waals surface area contributed by atoms with Crippen LogP contribution in [0.25, 0.3) is 5.65 Å². The van der Waals surface area contributed by atoms with E-state index < -0.39 is 48.8 Å². The van der Waals surface area contributed by atoms with E-state index in [9.17, 15) is 31.5 Å². The number of fused-ring (bicyclic) bond motifs is 1. The van der Waals surface area contributed by atoms with Crippen molar-refractivity contribution in [3.63, 3.8) is 0 Å². The van der Waals surface area contributed by atoms with E-state index in [4.69, 9.17) is 9.26 Å². The van der Waals surface area contributed by atoms with Crippen LogP contribution in [0.3, 0.4) is 0 Å². The van der Waals surface area contributed by atoms with E-state index in [1.807, 2.05) is 0 Å². The van der Waals surface area contributed by atoms with E-state index in [2.05, 4.69) is 25.9 Å². The smallest absolute Gasteiger partial charge is 0.389 e. The highest BCUT2D eigenvalue weighted by atomic mass is 19.4. The molecule has 0 radical (unpaired) electrons.